The van der Waals surface area contributed by atoms with Gasteiger partial charge in [0.1, 0.15) is 0 Å². The van der Waals surface area contributed by atoms with Gasteiger partial charge in [0.15, 0.2) is 12.0 Å². The number of carbonyl (C=O) groups excluding carboxylic acids is 1. The van der Waals surface area contributed by atoms with Gasteiger partial charge in [-0.3, -0.25) is 9.48 Å². The third-order valence-corrected chi connectivity index (χ3v) is 3.82. The molecule has 0 saturated carbocycles. The molecule has 102 valence electrons. The Balaban J connectivity index is 2.13. The summed E-state index contributed by atoms with van der Waals surface area (Å²) in [6.07, 6.45) is 2.18. The zero-order chi connectivity index (χ0) is 14.0. The summed E-state index contributed by atoms with van der Waals surface area (Å²) in [4.78, 5) is 10.5. The summed E-state index contributed by atoms with van der Waals surface area (Å²) in [6, 6.07) is 2.54. The Morgan fingerprint density at radius 2 is 2.21 bits per heavy atom. The first-order valence-electron chi connectivity index (χ1n) is 5.46. The second kappa shape index (κ2) is 4.98. The molecule has 2 heterocycles. The van der Waals surface area contributed by atoms with E-state index in [0.29, 0.717) is 6.29 Å². The summed E-state index contributed by atoms with van der Waals surface area (Å²) < 4.78 is 32.7. The summed E-state index contributed by atoms with van der Waals surface area (Å²) in [7, 11) is -2.01. The number of rotatable bonds is 5. The van der Waals surface area contributed by atoms with Crippen molar-refractivity contribution < 1.29 is 17.6 Å². The lowest BCUT2D eigenvalue weighted by Gasteiger charge is -2.02. The molecule has 0 atom stereocenters. The normalized spacial score (nSPS) is 11.7. The molecule has 0 aliphatic rings. The highest BCUT2D eigenvalue weighted by Gasteiger charge is 2.19. The third kappa shape index (κ3) is 2.91. The van der Waals surface area contributed by atoms with Gasteiger partial charge in [-0.1, -0.05) is 0 Å². The lowest BCUT2D eigenvalue weighted by atomic mass is 10.3. The molecule has 0 bridgehead atoms. The standard InChI is InChI=1S/C11H13N3O4S/c1-8-9(6-14(2)13-8)5-12-19(16,17)11-4-3-10(7-15)18-11/h3-4,6-7,12H,5H2,1-2H3. The summed E-state index contributed by atoms with van der Waals surface area (Å²) in [5.74, 6) is -0.0297. The van der Waals surface area contributed by atoms with Crippen LogP contribution in [0.1, 0.15) is 21.8 Å². The third-order valence-electron chi connectivity index (χ3n) is 2.55. The fourth-order valence-corrected chi connectivity index (χ4v) is 2.55. The Morgan fingerprint density at radius 3 is 2.74 bits per heavy atom. The second-order valence-corrected chi connectivity index (χ2v) is 5.71. The molecular weight excluding hydrogens is 270 g/mol. The minimum Gasteiger partial charge on any atom is -0.440 e. The first-order chi connectivity index (χ1) is 8.92. The quantitative estimate of drug-likeness (QED) is 0.811. The predicted octanol–water partition coefficient (Wildman–Crippen LogP) is 0.613. The van der Waals surface area contributed by atoms with Crippen molar-refractivity contribution in [2.24, 2.45) is 7.05 Å². The summed E-state index contributed by atoms with van der Waals surface area (Å²) in [6.45, 7) is 1.90. The zero-order valence-corrected chi connectivity index (χ0v) is 11.3. The van der Waals surface area contributed by atoms with Crippen LogP contribution < -0.4 is 4.72 Å². The molecule has 0 aliphatic heterocycles. The van der Waals surface area contributed by atoms with Gasteiger partial charge >= 0.3 is 0 Å². The fraction of sp³-hybridized carbons (Fsp3) is 0.273. The van der Waals surface area contributed by atoms with Crippen LogP contribution in [0.25, 0.3) is 0 Å². The van der Waals surface area contributed by atoms with Crippen molar-refractivity contribution in [1.29, 1.82) is 0 Å². The van der Waals surface area contributed by atoms with E-state index in [0.717, 1.165) is 11.3 Å². The molecule has 19 heavy (non-hydrogen) atoms. The summed E-state index contributed by atoms with van der Waals surface area (Å²) in [5, 5.41) is 3.83. The number of furan rings is 1. The van der Waals surface area contributed by atoms with E-state index >= 15 is 0 Å². The van der Waals surface area contributed by atoms with Gasteiger partial charge in [-0.2, -0.15) is 5.10 Å². The maximum Gasteiger partial charge on any atom is 0.274 e. The van der Waals surface area contributed by atoms with Gasteiger partial charge in [0.05, 0.1) is 5.69 Å². The number of hydrogen-bond donors (Lipinski definition) is 1. The second-order valence-electron chi connectivity index (χ2n) is 4.01. The molecule has 0 amide bonds. The van der Waals surface area contributed by atoms with Gasteiger partial charge in [-0.05, 0) is 19.1 Å². The number of nitrogens with zero attached hydrogens (tertiary/aromatic N) is 2. The van der Waals surface area contributed by atoms with Gasteiger partial charge < -0.3 is 4.42 Å². The van der Waals surface area contributed by atoms with Gasteiger partial charge in [0.25, 0.3) is 10.0 Å². The average Bonchev–Trinajstić information content (AvgIpc) is 2.94. The number of aldehydes is 1. The number of sulfonamides is 1. The number of aryl methyl sites for hydroxylation is 2. The SMILES string of the molecule is Cc1nn(C)cc1CNS(=O)(=O)c1ccc(C=O)o1. The van der Waals surface area contributed by atoms with Crippen LogP contribution in [0.15, 0.2) is 27.8 Å². The first kappa shape index (κ1) is 13.5. The van der Waals surface area contributed by atoms with Crippen LogP contribution in [0.3, 0.4) is 0 Å². The fourth-order valence-electron chi connectivity index (χ4n) is 1.61. The number of nitrogens with one attached hydrogen (secondary N) is 1. The molecule has 2 aromatic rings. The van der Waals surface area contributed by atoms with Crippen LogP contribution in [0.5, 0.6) is 0 Å². The van der Waals surface area contributed by atoms with E-state index in [4.69, 9.17) is 4.42 Å². The van der Waals surface area contributed by atoms with E-state index < -0.39 is 10.0 Å². The van der Waals surface area contributed by atoms with Crippen LogP contribution in [-0.2, 0) is 23.6 Å². The minimum absolute atomic E-state index is 0.0297. The van der Waals surface area contributed by atoms with Gasteiger partial charge in [-0.25, -0.2) is 13.1 Å². The Morgan fingerprint density at radius 1 is 1.47 bits per heavy atom. The molecule has 0 aliphatic carbocycles. The summed E-state index contributed by atoms with van der Waals surface area (Å²) >= 11 is 0. The smallest absolute Gasteiger partial charge is 0.274 e. The Hall–Kier alpha value is -1.93. The van der Waals surface area contributed by atoms with E-state index in [1.165, 1.54) is 12.1 Å². The Kier molecular flexibility index (Phi) is 3.54. The highest BCUT2D eigenvalue weighted by atomic mass is 32.2. The maximum absolute atomic E-state index is 11.9. The lowest BCUT2D eigenvalue weighted by Crippen LogP contribution is -2.23. The van der Waals surface area contributed by atoms with Gasteiger partial charge in [-0.15, -0.1) is 0 Å². The van der Waals surface area contributed by atoms with Crippen molar-refractivity contribution in [2.45, 2.75) is 18.6 Å². The molecule has 2 rings (SSSR count). The molecule has 0 radical (unpaired) electrons. The molecule has 0 fully saturated rings. The molecule has 1 N–H and O–H groups in total. The minimum atomic E-state index is -3.77. The zero-order valence-electron chi connectivity index (χ0n) is 10.5. The van der Waals surface area contributed by atoms with Crippen molar-refractivity contribution in [3.05, 3.63) is 35.3 Å². The van der Waals surface area contributed by atoms with Crippen molar-refractivity contribution in [3.8, 4) is 0 Å². The molecule has 2 aromatic heterocycles. The highest BCUT2D eigenvalue weighted by molar-refractivity contribution is 7.89. The van der Waals surface area contributed by atoms with E-state index in [-0.39, 0.29) is 17.4 Å². The number of carbonyl (C=O) groups is 1. The molecule has 0 unspecified atom stereocenters. The molecule has 0 saturated heterocycles. The monoisotopic (exact) mass is 283 g/mol. The molecule has 7 nitrogen and oxygen atoms in total. The van der Waals surface area contributed by atoms with Crippen molar-refractivity contribution in [2.75, 3.05) is 0 Å². The number of aromatic nitrogens is 2. The first-order valence-corrected chi connectivity index (χ1v) is 6.94. The Bertz CT molecular complexity index is 699. The van der Waals surface area contributed by atoms with Crippen LogP contribution >= 0.6 is 0 Å². The molecule has 8 heteroatoms. The van der Waals surface area contributed by atoms with Crippen LogP contribution in [0.4, 0.5) is 0 Å². The summed E-state index contributed by atoms with van der Waals surface area (Å²) in [5.41, 5.74) is 1.52. The molecular formula is C11H13N3O4S. The van der Waals surface area contributed by atoms with E-state index in [1.807, 2.05) is 0 Å². The van der Waals surface area contributed by atoms with Crippen LogP contribution in [-0.4, -0.2) is 24.5 Å². The van der Waals surface area contributed by atoms with Crippen LogP contribution in [0.2, 0.25) is 0 Å². The lowest BCUT2D eigenvalue weighted by molar-refractivity contribution is 0.109. The van der Waals surface area contributed by atoms with Crippen molar-refractivity contribution in [3.63, 3.8) is 0 Å². The maximum atomic E-state index is 11.9. The molecule has 0 spiro atoms. The van der Waals surface area contributed by atoms with E-state index in [2.05, 4.69) is 9.82 Å². The average molecular weight is 283 g/mol. The number of hydrogen-bond acceptors (Lipinski definition) is 5. The van der Waals surface area contributed by atoms with Crippen molar-refractivity contribution >= 4 is 16.3 Å². The molecule has 0 aromatic carbocycles. The Labute approximate surface area is 110 Å². The van der Waals surface area contributed by atoms with Crippen molar-refractivity contribution in [1.82, 2.24) is 14.5 Å². The van der Waals surface area contributed by atoms with Gasteiger partial charge in [0.2, 0.25) is 5.09 Å². The van der Waals surface area contributed by atoms with Crippen LogP contribution in [0, 0.1) is 6.92 Å². The van der Waals surface area contributed by atoms with E-state index in [1.54, 1.807) is 24.9 Å². The predicted molar refractivity (Wildman–Crippen MR) is 66.1 cm³/mol. The largest absolute Gasteiger partial charge is 0.440 e. The van der Waals surface area contributed by atoms with E-state index in [9.17, 15) is 13.2 Å². The van der Waals surface area contributed by atoms with Gasteiger partial charge in [0, 0.05) is 25.4 Å². The topological polar surface area (TPSA) is 94.2 Å². The highest BCUT2D eigenvalue weighted by Crippen LogP contribution is 2.13.